The summed E-state index contributed by atoms with van der Waals surface area (Å²) < 4.78 is 0. The van der Waals surface area contributed by atoms with Gasteiger partial charge in [0.1, 0.15) is 29.6 Å². The van der Waals surface area contributed by atoms with Gasteiger partial charge in [-0.3, -0.25) is 14.4 Å². The molecule has 0 radical (unpaired) electrons. The van der Waals surface area contributed by atoms with Crippen LogP contribution in [0.4, 0.5) is 0 Å². The second kappa shape index (κ2) is 14.1. The molecular weight excluding hydrogens is 504 g/mol. The lowest BCUT2D eigenvalue weighted by atomic mass is 9.99. The summed E-state index contributed by atoms with van der Waals surface area (Å²) in [6.45, 7) is 6.94. The smallest absolute Gasteiger partial charge is 0.326 e. The van der Waals surface area contributed by atoms with E-state index in [2.05, 4.69) is 16.0 Å². The number of nitrogens with one attached hydrogen (secondary N) is 3. The fraction of sp³-hybridized carbons (Fsp3) is 0.429. The van der Waals surface area contributed by atoms with Gasteiger partial charge in [-0.2, -0.15) is 0 Å². The minimum absolute atomic E-state index is 0.0283. The Bertz CT molecular complexity index is 1130. The Morgan fingerprint density at radius 2 is 1.10 bits per heavy atom. The van der Waals surface area contributed by atoms with Crippen molar-refractivity contribution in [3.8, 4) is 11.5 Å². The number of aliphatic carboxylic acids is 1. The second-order valence-electron chi connectivity index (χ2n) is 10.2. The molecule has 0 spiro atoms. The molecule has 0 aliphatic carbocycles. The van der Waals surface area contributed by atoms with Crippen LogP contribution in [0.3, 0.4) is 0 Å². The molecule has 2 rings (SSSR count). The summed E-state index contributed by atoms with van der Waals surface area (Å²) in [7, 11) is 0. The number of nitrogens with two attached hydrogens (primary N) is 1. The van der Waals surface area contributed by atoms with Crippen molar-refractivity contribution >= 4 is 23.7 Å². The number of phenolic OH excluding ortho intramolecular Hbond substituents is 2. The Morgan fingerprint density at radius 1 is 0.667 bits per heavy atom. The molecule has 39 heavy (non-hydrogen) atoms. The number of rotatable bonds is 13. The molecule has 0 aliphatic rings. The van der Waals surface area contributed by atoms with Gasteiger partial charge in [-0.05, 0) is 47.2 Å². The number of carboxylic acid groups (broad SMARTS) is 1. The van der Waals surface area contributed by atoms with Crippen molar-refractivity contribution in [3.05, 3.63) is 59.7 Å². The lowest BCUT2D eigenvalue weighted by Gasteiger charge is -2.27. The molecule has 212 valence electrons. The van der Waals surface area contributed by atoms with Crippen molar-refractivity contribution in [1.29, 1.82) is 0 Å². The predicted molar refractivity (Wildman–Crippen MR) is 145 cm³/mol. The van der Waals surface area contributed by atoms with Gasteiger partial charge in [0.05, 0.1) is 6.04 Å². The highest BCUT2D eigenvalue weighted by Gasteiger charge is 2.32. The zero-order valence-electron chi connectivity index (χ0n) is 22.5. The number of hydrogen-bond acceptors (Lipinski definition) is 7. The average molecular weight is 543 g/mol. The SMILES string of the molecule is CC(C)C(N)C(=O)NC(Cc1ccc(O)cc1)C(=O)NC(C(=O)NC(Cc1ccc(O)cc1)C(=O)O)C(C)C. The predicted octanol–water partition coefficient (Wildman–Crippen LogP) is 1.06. The second-order valence-corrected chi connectivity index (χ2v) is 10.2. The van der Waals surface area contributed by atoms with Crippen molar-refractivity contribution in [2.45, 2.75) is 64.7 Å². The Morgan fingerprint density at radius 3 is 1.51 bits per heavy atom. The number of aromatic hydroxyl groups is 2. The molecule has 0 heterocycles. The van der Waals surface area contributed by atoms with Gasteiger partial charge < -0.3 is 37.0 Å². The monoisotopic (exact) mass is 542 g/mol. The molecule has 0 saturated carbocycles. The lowest BCUT2D eigenvalue weighted by Crippen LogP contribution is -2.59. The van der Waals surface area contributed by atoms with Crippen LogP contribution in [-0.4, -0.2) is 63.2 Å². The molecule has 4 unspecified atom stereocenters. The third-order valence-electron chi connectivity index (χ3n) is 6.27. The van der Waals surface area contributed by atoms with E-state index in [1.54, 1.807) is 52.0 Å². The molecule has 0 aliphatic heterocycles. The molecule has 0 bridgehead atoms. The summed E-state index contributed by atoms with van der Waals surface area (Å²) in [6, 6.07) is 7.74. The normalized spacial score (nSPS) is 14.2. The van der Waals surface area contributed by atoms with Crippen LogP contribution in [0.1, 0.15) is 38.8 Å². The molecule has 3 amide bonds. The van der Waals surface area contributed by atoms with Crippen LogP contribution in [0, 0.1) is 11.8 Å². The van der Waals surface area contributed by atoms with Gasteiger partial charge in [0, 0.05) is 12.8 Å². The Balaban J connectivity index is 2.21. The maximum atomic E-state index is 13.4. The van der Waals surface area contributed by atoms with Crippen LogP contribution in [-0.2, 0) is 32.0 Å². The number of phenols is 2. The van der Waals surface area contributed by atoms with Crippen molar-refractivity contribution in [2.24, 2.45) is 17.6 Å². The van der Waals surface area contributed by atoms with Gasteiger partial charge in [-0.15, -0.1) is 0 Å². The van der Waals surface area contributed by atoms with E-state index in [-0.39, 0.29) is 30.3 Å². The first-order valence-electron chi connectivity index (χ1n) is 12.7. The largest absolute Gasteiger partial charge is 0.508 e. The third-order valence-corrected chi connectivity index (χ3v) is 6.27. The summed E-state index contributed by atoms with van der Waals surface area (Å²) in [5.74, 6) is -3.66. The van der Waals surface area contributed by atoms with E-state index in [0.717, 1.165) is 0 Å². The highest BCUT2D eigenvalue weighted by molar-refractivity contribution is 5.94. The summed E-state index contributed by atoms with van der Waals surface area (Å²) >= 11 is 0. The number of benzene rings is 2. The zero-order chi connectivity index (χ0) is 29.3. The zero-order valence-corrected chi connectivity index (χ0v) is 22.5. The average Bonchev–Trinajstić information content (AvgIpc) is 2.87. The quantitative estimate of drug-likeness (QED) is 0.195. The van der Waals surface area contributed by atoms with E-state index in [9.17, 15) is 34.5 Å². The summed E-state index contributed by atoms with van der Waals surface area (Å²) in [4.78, 5) is 51.1. The molecule has 4 atom stereocenters. The highest BCUT2D eigenvalue weighted by Crippen LogP contribution is 2.14. The Labute approximate surface area is 227 Å². The minimum atomic E-state index is -1.28. The van der Waals surface area contributed by atoms with Crippen LogP contribution in [0.25, 0.3) is 0 Å². The van der Waals surface area contributed by atoms with Gasteiger partial charge >= 0.3 is 5.97 Å². The molecule has 2 aromatic rings. The third kappa shape index (κ3) is 9.60. The molecular formula is C28H38N4O7. The van der Waals surface area contributed by atoms with Crippen molar-refractivity contribution < 1.29 is 34.5 Å². The van der Waals surface area contributed by atoms with E-state index in [4.69, 9.17) is 5.73 Å². The van der Waals surface area contributed by atoms with Gasteiger partial charge in [0.2, 0.25) is 17.7 Å². The number of hydrogen-bond donors (Lipinski definition) is 7. The number of carbonyl (C=O) groups excluding carboxylic acids is 3. The Kier molecular flexibility index (Phi) is 11.3. The first kappa shape index (κ1) is 31.1. The topological polar surface area (TPSA) is 191 Å². The van der Waals surface area contributed by atoms with Crippen LogP contribution in [0.15, 0.2) is 48.5 Å². The first-order valence-corrected chi connectivity index (χ1v) is 12.7. The van der Waals surface area contributed by atoms with Crippen molar-refractivity contribution in [2.75, 3.05) is 0 Å². The van der Waals surface area contributed by atoms with Gasteiger partial charge in [-0.25, -0.2) is 4.79 Å². The molecule has 0 aromatic heterocycles. The first-order chi connectivity index (χ1) is 18.3. The summed E-state index contributed by atoms with van der Waals surface area (Å²) in [5, 5.41) is 36.5. The molecule has 11 nitrogen and oxygen atoms in total. The van der Waals surface area contributed by atoms with E-state index in [1.807, 2.05) is 0 Å². The van der Waals surface area contributed by atoms with Crippen LogP contribution >= 0.6 is 0 Å². The van der Waals surface area contributed by atoms with Crippen LogP contribution in [0.5, 0.6) is 11.5 Å². The van der Waals surface area contributed by atoms with E-state index < -0.39 is 53.8 Å². The number of carboxylic acids is 1. The van der Waals surface area contributed by atoms with E-state index in [1.165, 1.54) is 24.3 Å². The van der Waals surface area contributed by atoms with Crippen LogP contribution < -0.4 is 21.7 Å². The van der Waals surface area contributed by atoms with Gasteiger partial charge in [0.25, 0.3) is 0 Å². The van der Waals surface area contributed by atoms with Crippen molar-refractivity contribution in [3.63, 3.8) is 0 Å². The summed E-state index contributed by atoms with van der Waals surface area (Å²) in [5.41, 5.74) is 7.20. The molecule has 8 N–H and O–H groups in total. The Hall–Kier alpha value is -4.12. The van der Waals surface area contributed by atoms with E-state index in [0.29, 0.717) is 11.1 Å². The van der Waals surface area contributed by atoms with Crippen molar-refractivity contribution in [1.82, 2.24) is 16.0 Å². The van der Waals surface area contributed by atoms with E-state index >= 15 is 0 Å². The summed E-state index contributed by atoms with van der Waals surface area (Å²) in [6.07, 6.45) is 0.0282. The standard InChI is InChI=1S/C28H38N4O7/c1-15(2)23(29)26(36)30-21(13-17-5-9-19(33)10-6-17)25(35)32-24(16(3)4)27(37)31-22(28(38)39)14-18-7-11-20(34)12-8-18/h5-12,15-16,21-24,33-34H,13-14,29H2,1-4H3,(H,30,36)(H,31,37)(H,32,35)(H,38,39). The number of carbonyl (C=O) groups is 4. The van der Waals surface area contributed by atoms with Gasteiger partial charge in [0.15, 0.2) is 0 Å². The lowest BCUT2D eigenvalue weighted by molar-refractivity contribution is -0.142. The van der Waals surface area contributed by atoms with Gasteiger partial charge in [-0.1, -0.05) is 52.0 Å². The maximum absolute atomic E-state index is 13.4. The molecule has 11 heteroatoms. The maximum Gasteiger partial charge on any atom is 0.326 e. The fourth-order valence-electron chi connectivity index (χ4n) is 3.77. The number of amides is 3. The minimum Gasteiger partial charge on any atom is -0.508 e. The molecule has 0 fully saturated rings. The highest BCUT2D eigenvalue weighted by atomic mass is 16.4. The van der Waals surface area contributed by atoms with Crippen LogP contribution in [0.2, 0.25) is 0 Å². The fourth-order valence-corrected chi connectivity index (χ4v) is 3.77. The molecule has 2 aromatic carbocycles. The molecule has 0 saturated heterocycles.